The fraction of sp³-hybridized carbons (Fsp3) is 0.400. The van der Waals surface area contributed by atoms with Crippen molar-refractivity contribution < 1.29 is 9.90 Å². The molecule has 1 aromatic carbocycles. The summed E-state index contributed by atoms with van der Waals surface area (Å²) >= 11 is 0. The van der Waals surface area contributed by atoms with E-state index < -0.39 is 6.10 Å². The van der Waals surface area contributed by atoms with Gasteiger partial charge < -0.3 is 15.4 Å². The molecule has 0 spiro atoms. The monoisotopic (exact) mass is 260 g/mol. The molecule has 0 aliphatic heterocycles. The Morgan fingerprint density at radius 2 is 2.16 bits per heavy atom. The molecule has 1 amide bonds. The minimum Gasteiger partial charge on any atom is -0.393 e. The molecular formula is C15H20N2O2. The Balaban J connectivity index is 2.16. The minimum atomic E-state index is -0.391. The third-order valence-corrected chi connectivity index (χ3v) is 3.42. The highest BCUT2D eigenvalue weighted by Crippen LogP contribution is 2.22. The minimum absolute atomic E-state index is 0.0965. The molecule has 3 N–H and O–H groups in total. The van der Waals surface area contributed by atoms with E-state index in [9.17, 15) is 4.79 Å². The molecular weight excluding hydrogens is 240 g/mol. The average molecular weight is 260 g/mol. The van der Waals surface area contributed by atoms with E-state index in [0.717, 1.165) is 16.6 Å². The summed E-state index contributed by atoms with van der Waals surface area (Å²) in [6.45, 7) is 6.27. The van der Waals surface area contributed by atoms with Crippen LogP contribution < -0.4 is 5.32 Å². The predicted octanol–water partition coefficient (Wildman–Crippen LogP) is 2.29. The number of nitrogens with one attached hydrogen (secondary N) is 2. The Bertz CT molecular complexity index is 599. The quantitative estimate of drug-likeness (QED) is 0.789. The van der Waals surface area contributed by atoms with Crippen LogP contribution in [0.5, 0.6) is 0 Å². The van der Waals surface area contributed by atoms with Crippen LogP contribution in [0.15, 0.2) is 18.2 Å². The van der Waals surface area contributed by atoms with Gasteiger partial charge in [0.1, 0.15) is 0 Å². The Morgan fingerprint density at radius 3 is 2.84 bits per heavy atom. The lowest BCUT2D eigenvalue weighted by Gasteiger charge is -2.07. The second-order valence-electron chi connectivity index (χ2n) is 5.03. The summed E-state index contributed by atoms with van der Waals surface area (Å²) in [4.78, 5) is 15.3. The first-order valence-electron chi connectivity index (χ1n) is 6.54. The number of carbonyl (C=O) groups excluding carboxylic acids is 1. The number of rotatable bonds is 4. The van der Waals surface area contributed by atoms with Crippen molar-refractivity contribution in [2.75, 3.05) is 6.54 Å². The average Bonchev–Trinajstić information content (AvgIpc) is 2.64. The van der Waals surface area contributed by atoms with Crippen molar-refractivity contribution in [2.45, 2.75) is 33.3 Å². The number of benzene rings is 1. The van der Waals surface area contributed by atoms with Gasteiger partial charge in [0.05, 0.1) is 6.10 Å². The molecule has 1 heterocycles. The number of aromatic amines is 1. The number of hydrogen-bond donors (Lipinski definition) is 3. The van der Waals surface area contributed by atoms with Gasteiger partial charge in [-0.1, -0.05) is 0 Å². The fourth-order valence-corrected chi connectivity index (χ4v) is 2.10. The van der Waals surface area contributed by atoms with Crippen molar-refractivity contribution in [1.82, 2.24) is 10.3 Å². The van der Waals surface area contributed by atoms with E-state index >= 15 is 0 Å². The first-order chi connectivity index (χ1) is 8.99. The van der Waals surface area contributed by atoms with Gasteiger partial charge in [-0.2, -0.15) is 0 Å². The number of hydrogen-bond acceptors (Lipinski definition) is 2. The summed E-state index contributed by atoms with van der Waals surface area (Å²) in [6.07, 6.45) is 0.174. The number of amides is 1. The molecule has 0 aliphatic rings. The number of aliphatic hydroxyl groups excluding tert-OH is 1. The van der Waals surface area contributed by atoms with Crippen molar-refractivity contribution in [3.8, 4) is 0 Å². The molecule has 1 atom stereocenters. The van der Waals surface area contributed by atoms with Gasteiger partial charge in [-0.3, -0.25) is 4.79 Å². The van der Waals surface area contributed by atoms with E-state index in [-0.39, 0.29) is 5.91 Å². The Morgan fingerprint density at radius 1 is 1.42 bits per heavy atom. The number of fused-ring (bicyclic) bond motifs is 1. The van der Waals surface area contributed by atoms with E-state index in [1.807, 2.05) is 32.0 Å². The van der Waals surface area contributed by atoms with E-state index in [1.165, 1.54) is 5.56 Å². The normalized spacial score (nSPS) is 12.6. The van der Waals surface area contributed by atoms with E-state index in [2.05, 4.69) is 10.3 Å². The van der Waals surface area contributed by atoms with Crippen LogP contribution in [-0.2, 0) is 0 Å². The summed E-state index contributed by atoms with van der Waals surface area (Å²) in [6, 6.07) is 5.65. The standard InChI is InChI=1S/C15H20N2O2/c1-9(18)6-7-16-15(19)12-4-5-14-13(8-12)10(2)11(3)17-14/h4-5,8-9,17-18H,6-7H2,1-3H3,(H,16,19). The Labute approximate surface area is 112 Å². The maximum Gasteiger partial charge on any atom is 0.251 e. The van der Waals surface area contributed by atoms with Gasteiger partial charge in [0.2, 0.25) is 0 Å². The molecule has 4 nitrogen and oxygen atoms in total. The predicted molar refractivity (Wildman–Crippen MR) is 76.4 cm³/mol. The Kier molecular flexibility index (Phi) is 3.90. The lowest BCUT2D eigenvalue weighted by Crippen LogP contribution is -2.26. The van der Waals surface area contributed by atoms with E-state index in [0.29, 0.717) is 18.5 Å². The van der Waals surface area contributed by atoms with Crippen molar-refractivity contribution in [1.29, 1.82) is 0 Å². The summed E-state index contributed by atoms with van der Waals surface area (Å²) in [5, 5.41) is 13.1. The van der Waals surface area contributed by atoms with Crippen LogP contribution >= 0.6 is 0 Å². The van der Waals surface area contributed by atoms with Crippen molar-refractivity contribution in [2.24, 2.45) is 0 Å². The highest BCUT2D eigenvalue weighted by Gasteiger charge is 2.09. The van der Waals surface area contributed by atoms with Gasteiger partial charge in [0.25, 0.3) is 5.91 Å². The van der Waals surface area contributed by atoms with Gasteiger partial charge in [-0.05, 0) is 51.0 Å². The number of aromatic nitrogens is 1. The molecule has 4 heteroatoms. The lowest BCUT2D eigenvalue weighted by molar-refractivity contribution is 0.0945. The highest BCUT2D eigenvalue weighted by atomic mass is 16.3. The summed E-state index contributed by atoms with van der Waals surface area (Å²) < 4.78 is 0. The molecule has 0 radical (unpaired) electrons. The van der Waals surface area contributed by atoms with Crippen molar-refractivity contribution in [3.05, 3.63) is 35.0 Å². The third-order valence-electron chi connectivity index (χ3n) is 3.42. The maximum atomic E-state index is 12.0. The highest BCUT2D eigenvalue weighted by molar-refractivity contribution is 5.99. The summed E-state index contributed by atoms with van der Waals surface area (Å²) in [7, 11) is 0. The fourth-order valence-electron chi connectivity index (χ4n) is 2.10. The molecule has 19 heavy (non-hydrogen) atoms. The van der Waals surface area contributed by atoms with Crippen LogP contribution in [0, 0.1) is 13.8 Å². The zero-order chi connectivity index (χ0) is 14.0. The molecule has 0 saturated carbocycles. The molecule has 0 bridgehead atoms. The van der Waals surface area contributed by atoms with Gasteiger partial charge in [-0.25, -0.2) is 0 Å². The number of aryl methyl sites for hydroxylation is 2. The molecule has 0 saturated heterocycles. The van der Waals surface area contributed by atoms with Gasteiger partial charge in [0, 0.05) is 28.7 Å². The van der Waals surface area contributed by atoms with Crippen molar-refractivity contribution in [3.63, 3.8) is 0 Å². The van der Waals surface area contributed by atoms with E-state index in [4.69, 9.17) is 5.11 Å². The van der Waals surface area contributed by atoms with E-state index in [1.54, 1.807) is 6.92 Å². The van der Waals surface area contributed by atoms with Crippen molar-refractivity contribution >= 4 is 16.8 Å². The SMILES string of the molecule is Cc1[nH]c2ccc(C(=O)NCCC(C)O)cc2c1C. The molecule has 1 aromatic heterocycles. The second kappa shape index (κ2) is 5.45. The van der Waals surface area contributed by atoms with Crippen LogP contribution in [0.1, 0.15) is 35.0 Å². The van der Waals surface area contributed by atoms with Crippen LogP contribution in [0.4, 0.5) is 0 Å². The number of carbonyl (C=O) groups is 1. The van der Waals surface area contributed by atoms with Crippen LogP contribution in [0.2, 0.25) is 0 Å². The van der Waals surface area contributed by atoms with Crippen LogP contribution in [0.3, 0.4) is 0 Å². The number of aliphatic hydroxyl groups is 1. The zero-order valence-electron chi connectivity index (χ0n) is 11.6. The molecule has 2 rings (SSSR count). The third kappa shape index (κ3) is 2.96. The largest absolute Gasteiger partial charge is 0.393 e. The summed E-state index contributed by atoms with van der Waals surface area (Å²) in [5.74, 6) is -0.0965. The lowest BCUT2D eigenvalue weighted by atomic mass is 10.1. The van der Waals surface area contributed by atoms with Crippen LogP contribution in [-0.4, -0.2) is 28.6 Å². The van der Waals surface area contributed by atoms with Gasteiger partial charge >= 0.3 is 0 Å². The van der Waals surface area contributed by atoms with Gasteiger partial charge in [-0.15, -0.1) is 0 Å². The van der Waals surface area contributed by atoms with Crippen LogP contribution in [0.25, 0.3) is 10.9 Å². The first-order valence-corrected chi connectivity index (χ1v) is 6.54. The zero-order valence-corrected chi connectivity index (χ0v) is 11.6. The molecule has 1 unspecified atom stereocenters. The summed E-state index contributed by atoms with van der Waals surface area (Å²) in [5.41, 5.74) is 4.01. The van der Waals surface area contributed by atoms with Gasteiger partial charge in [0.15, 0.2) is 0 Å². The molecule has 0 aliphatic carbocycles. The molecule has 102 valence electrons. The second-order valence-corrected chi connectivity index (χ2v) is 5.03. The molecule has 0 fully saturated rings. The first kappa shape index (κ1) is 13.6. The molecule has 2 aromatic rings. The topological polar surface area (TPSA) is 65.1 Å². The maximum absolute atomic E-state index is 12.0. The Hall–Kier alpha value is -1.81. The number of H-pyrrole nitrogens is 1. The smallest absolute Gasteiger partial charge is 0.251 e.